The maximum Gasteiger partial charge on any atom is 0.226 e. The van der Waals surface area contributed by atoms with E-state index < -0.39 is 0 Å². The second kappa shape index (κ2) is 6.38. The molecule has 3 N–H and O–H groups in total. The summed E-state index contributed by atoms with van der Waals surface area (Å²) in [5.74, 6) is 0.576. The number of phenolic OH excluding ortho intramolecular Hbond substituents is 1. The first-order valence-corrected chi connectivity index (χ1v) is 8.45. The number of aromatic nitrogens is 2. The molecule has 1 unspecified atom stereocenters. The van der Waals surface area contributed by atoms with Crippen molar-refractivity contribution in [2.75, 3.05) is 12.4 Å². The number of halogens is 1. The number of fused-ring (bicyclic) bond motifs is 1. The van der Waals surface area contributed by atoms with Crippen LogP contribution in [0.1, 0.15) is 23.5 Å². The van der Waals surface area contributed by atoms with Crippen LogP contribution in [0.2, 0.25) is 5.02 Å². The Bertz CT molecular complexity index is 982. The van der Waals surface area contributed by atoms with Gasteiger partial charge in [0.25, 0.3) is 0 Å². The van der Waals surface area contributed by atoms with Gasteiger partial charge >= 0.3 is 0 Å². The fourth-order valence-corrected chi connectivity index (χ4v) is 3.43. The molecule has 1 aliphatic heterocycles. The van der Waals surface area contributed by atoms with Gasteiger partial charge in [0.1, 0.15) is 0 Å². The zero-order valence-electron chi connectivity index (χ0n) is 13.9. The summed E-state index contributed by atoms with van der Waals surface area (Å²) >= 11 is 5.98. The standard InChI is InChI=1S/C19H16ClN3O3/c1-26-15-7-4-11(8-14(15)24)13-9-16(25)21-19-17(13)18(22-23-19)10-2-5-12(20)6-3-10/h2-8,13,24H,9H2,1H3,(H2,21,22,23,25). The van der Waals surface area contributed by atoms with Crippen LogP contribution >= 0.6 is 11.6 Å². The highest BCUT2D eigenvalue weighted by Gasteiger charge is 2.32. The highest BCUT2D eigenvalue weighted by atomic mass is 35.5. The van der Waals surface area contributed by atoms with E-state index in [-0.39, 0.29) is 24.0 Å². The van der Waals surface area contributed by atoms with Crippen LogP contribution in [0.25, 0.3) is 11.3 Å². The van der Waals surface area contributed by atoms with Crippen molar-refractivity contribution in [3.63, 3.8) is 0 Å². The number of methoxy groups -OCH3 is 1. The smallest absolute Gasteiger partial charge is 0.226 e. The number of benzene rings is 2. The van der Waals surface area contributed by atoms with E-state index in [9.17, 15) is 9.90 Å². The number of hydrogen-bond donors (Lipinski definition) is 3. The van der Waals surface area contributed by atoms with Crippen LogP contribution in [0.5, 0.6) is 11.5 Å². The Balaban J connectivity index is 1.84. The summed E-state index contributed by atoms with van der Waals surface area (Å²) < 4.78 is 5.11. The van der Waals surface area contributed by atoms with Gasteiger partial charge in [-0.25, -0.2) is 0 Å². The van der Waals surface area contributed by atoms with Gasteiger partial charge in [-0.2, -0.15) is 5.10 Å². The van der Waals surface area contributed by atoms with Crippen LogP contribution in [0.4, 0.5) is 5.82 Å². The number of H-pyrrole nitrogens is 1. The fourth-order valence-electron chi connectivity index (χ4n) is 3.30. The molecule has 1 aromatic heterocycles. The largest absolute Gasteiger partial charge is 0.504 e. The zero-order valence-corrected chi connectivity index (χ0v) is 14.7. The Morgan fingerprint density at radius 3 is 2.69 bits per heavy atom. The number of nitrogens with zero attached hydrogens (tertiary/aromatic N) is 1. The van der Waals surface area contributed by atoms with Gasteiger partial charge in [0, 0.05) is 28.5 Å². The monoisotopic (exact) mass is 369 g/mol. The summed E-state index contributed by atoms with van der Waals surface area (Å²) in [5, 5.41) is 20.9. The summed E-state index contributed by atoms with van der Waals surface area (Å²) in [6, 6.07) is 12.6. The lowest BCUT2D eigenvalue weighted by molar-refractivity contribution is -0.116. The molecule has 0 bridgehead atoms. The molecule has 1 atom stereocenters. The average Bonchev–Trinajstić information content (AvgIpc) is 3.05. The van der Waals surface area contributed by atoms with Gasteiger partial charge in [0.05, 0.1) is 12.8 Å². The number of anilines is 1. The van der Waals surface area contributed by atoms with E-state index >= 15 is 0 Å². The highest BCUT2D eigenvalue weighted by Crippen LogP contribution is 2.43. The van der Waals surface area contributed by atoms with Gasteiger partial charge in [-0.3, -0.25) is 9.89 Å². The van der Waals surface area contributed by atoms with Crippen molar-refractivity contribution in [3.8, 4) is 22.8 Å². The molecule has 1 aliphatic rings. The Kier molecular flexibility index (Phi) is 4.05. The van der Waals surface area contributed by atoms with Crippen molar-refractivity contribution in [1.29, 1.82) is 0 Å². The number of ether oxygens (including phenoxy) is 1. The molecule has 2 heterocycles. The third kappa shape index (κ3) is 2.78. The normalized spacial score (nSPS) is 16.1. The van der Waals surface area contributed by atoms with Gasteiger partial charge in [0.15, 0.2) is 17.3 Å². The quantitative estimate of drug-likeness (QED) is 0.653. The van der Waals surface area contributed by atoms with Gasteiger partial charge < -0.3 is 15.2 Å². The van der Waals surface area contributed by atoms with Crippen molar-refractivity contribution in [3.05, 3.63) is 58.6 Å². The first kappa shape index (κ1) is 16.5. The van der Waals surface area contributed by atoms with Crippen molar-refractivity contribution in [2.45, 2.75) is 12.3 Å². The Labute approximate surface area is 154 Å². The van der Waals surface area contributed by atoms with Crippen LogP contribution < -0.4 is 10.1 Å². The summed E-state index contributed by atoms with van der Waals surface area (Å²) in [4.78, 5) is 12.1. The summed E-state index contributed by atoms with van der Waals surface area (Å²) in [6.45, 7) is 0. The lowest BCUT2D eigenvalue weighted by Gasteiger charge is -2.24. The molecule has 0 saturated carbocycles. The number of carbonyl (C=O) groups excluding carboxylic acids is 1. The van der Waals surface area contributed by atoms with Crippen LogP contribution in [-0.4, -0.2) is 28.3 Å². The molecular weight excluding hydrogens is 354 g/mol. The molecule has 1 amide bonds. The number of aromatic amines is 1. The maximum atomic E-state index is 12.1. The summed E-state index contributed by atoms with van der Waals surface area (Å²) in [6.07, 6.45) is 0.263. The number of aromatic hydroxyl groups is 1. The number of carbonyl (C=O) groups is 1. The molecule has 3 aromatic rings. The van der Waals surface area contributed by atoms with Crippen LogP contribution in [0.3, 0.4) is 0 Å². The molecular formula is C19H16ClN3O3. The minimum absolute atomic E-state index is 0.0362. The molecule has 4 rings (SSSR count). The molecule has 0 fully saturated rings. The number of phenols is 1. The highest BCUT2D eigenvalue weighted by molar-refractivity contribution is 6.30. The first-order chi connectivity index (χ1) is 12.6. The number of hydrogen-bond acceptors (Lipinski definition) is 4. The van der Waals surface area contributed by atoms with Gasteiger partial charge in [0.2, 0.25) is 5.91 Å². The first-order valence-electron chi connectivity index (χ1n) is 8.07. The molecule has 0 spiro atoms. The fraction of sp³-hybridized carbons (Fsp3) is 0.158. The molecule has 132 valence electrons. The van der Waals surface area contributed by atoms with E-state index in [2.05, 4.69) is 15.5 Å². The lowest BCUT2D eigenvalue weighted by atomic mass is 9.84. The summed E-state index contributed by atoms with van der Waals surface area (Å²) in [5.41, 5.74) is 3.44. The minimum atomic E-state index is -0.236. The third-order valence-corrected chi connectivity index (χ3v) is 4.79. The SMILES string of the molecule is COc1ccc(C2CC(=O)Nc3n[nH]c(-c4ccc(Cl)cc4)c32)cc1O. The Hall–Kier alpha value is -2.99. The van der Waals surface area contributed by atoms with E-state index in [1.165, 1.54) is 7.11 Å². The van der Waals surface area contributed by atoms with E-state index in [1.807, 2.05) is 18.2 Å². The van der Waals surface area contributed by atoms with E-state index in [0.29, 0.717) is 16.6 Å². The van der Waals surface area contributed by atoms with E-state index in [1.54, 1.807) is 24.3 Å². The van der Waals surface area contributed by atoms with E-state index in [0.717, 1.165) is 22.4 Å². The van der Waals surface area contributed by atoms with Crippen LogP contribution in [0, 0.1) is 0 Å². The second-order valence-corrected chi connectivity index (χ2v) is 6.54. The summed E-state index contributed by atoms with van der Waals surface area (Å²) in [7, 11) is 1.50. The van der Waals surface area contributed by atoms with Crippen LogP contribution in [0.15, 0.2) is 42.5 Å². The van der Waals surface area contributed by atoms with Crippen molar-refractivity contribution in [1.82, 2.24) is 10.2 Å². The molecule has 7 heteroatoms. The van der Waals surface area contributed by atoms with Crippen molar-refractivity contribution in [2.24, 2.45) is 0 Å². The maximum absolute atomic E-state index is 12.1. The predicted molar refractivity (Wildman–Crippen MR) is 98.8 cm³/mol. The number of amides is 1. The van der Waals surface area contributed by atoms with Crippen molar-refractivity contribution >= 4 is 23.3 Å². The molecule has 0 radical (unpaired) electrons. The topological polar surface area (TPSA) is 87.2 Å². The Morgan fingerprint density at radius 2 is 2.00 bits per heavy atom. The van der Waals surface area contributed by atoms with Gasteiger partial charge in [-0.15, -0.1) is 0 Å². The molecule has 0 saturated heterocycles. The molecule has 26 heavy (non-hydrogen) atoms. The number of rotatable bonds is 3. The van der Waals surface area contributed by atoms with E-state index in [4.69, 9.17) is 16.3 Å². The molecule has 2 aromatic carbocycles. The van der Waals surface area contributed by atoms with Gasteiger partial charge in [-0.1, -0.05) is 29.8 Å². The Morgan fingerprint density at radius 1 is 1.23 bits per heavy atom. The van der Waals surface area contributed by atoms with Gasteiger partial charge in [-0.05, 0) is 29.8 Å². The van der Waals surface area contributed by atoms with Crippen LogP contribution in [-0.2, 0) is 4.79 Å². The minimum Gasteiger partial charge on any atom is -0.504 e. The lowest BCUT2D eigenvalue weighted by Crippen LogP contribution is -2.23. The second-order valence-electron chi connectivity index (χ2n) is 6.10. The average molecular weight is 370 g/mol. The predicted octanol–water partition coefficient (Wildman–Crippen LogP) is 3.92. The molecule has 6 nitrogen and oxygen atoms in total. The number of nitrogens with one attached hydrogen (secondary N) is 2. The zero-order chi connectivity index (χ0) is 18.3. The van der Waals surface area contributed by atoms with Crippen molar-refractivity contribution < 1.29 is 14.6 Å². The molecule has 0 aliphatic carbocycles. The third-order valence-electron chi connectivity index (χ3n) is 4.54.